The first-order valence-corrected chi connectivity index (χ1v) is 7.20. The molecular weight excluding hydrogens is 254 g/mol. The standard InChI is InChI=1S/C15H21N3O2/c1-20-14-4-2-3-10(9-14)17-15(19)18-13-7-11-5-6-12(8-13)16-11/h2-4,9,11-13,16H,5-8H2,1H3,(H2,17,18,19). The van der Waals surface area contributed by atoms with Crippen LogP contribution in [0.25, 0.3) is 0 Å². The van der Waals surface area contributed by atoms with Crippen molar-refractivity contribution in [1.29, 1.82) is 0 Å². The highest BCUT2D eigenvalue weighted by atomic mass is 16.5. The molecule has 2 saturated heterocycles. The Bertz CT molecular complexity index is 480. The third kappa shape index (κ3) is 3.04. The maximum Gasteiger partial charge on any atom is 0.319 e. The van der Waals surface area contributed by atoms with Gasteiger partial charge in [0.15, 0.2) is 0 Å². The Morgan fingerprint density at radius 1 is 1.30 bits per heavy atom. The van der Waals surface area contributed by atoms with E-state index in [1.54, 1.807) is 7.11 Å². The van der Waals surface area contributed by atoms with Gasteiger partial charge >= 0.3 is 6.03 Å². The molecular formula is C15H21N3O2. The minimum Gasteiger partial charge on any atom is -0.497 e. The van der Waals surface area contributed by atoms with Crippen LogP contribution in [0.4, 0.5) is 10.5 Å². The maximum absolute atomic E-state index is 12.0. The Kier molecular flexibility index (Phi) is 3.78. The maximum atomic E-state index is 12.0. The molecule has 2 heterocycles. The van der Waals surface area contributed by atoms with E-state index in [0.29, 0.717) is 12.1 Å². The molecule has 2 bridgehead atoms. The fourth-order valence-electron chi connectivity index (χ4n) is 3.23. The first-order chi connectivity index (χ1) is 9.72. The third-order valence-corrected chi connectivity index (χ3v) is 4.14. The van der Waals surface area contributed by atoms with Gasteiger partial charge in [-0.2, -0.15) is 0 Å². The molecule has 2 fully saturated rings. The normalized spacial score (nSPS) is 27.9. The number of rotatable bonds is 3. The zero-order valence-corrected chi connectivity index (χ0v) is 11.7. The zero-order chi connectivity index (χ0) is 13.9. The van der Waals surface area contributed by atoms with Gasteiger partial charge in [-0.05, 0) is 37.8 Å². The molecule has 2 atom stereocenters. The number of carbonyl (C=O) groups excluding carboxylic acids is 1. The van der Waals surface area contributed by atoms with Crippen LogP contribution in [-0.4, -0.2) is 31.3 Å². The van der Waals surface area contributed by atoms with Crippen LogP contribution in [0.3, 0.4) is 0 Å². The number of amides is 2. The van der Waals surface area contributed by atoms with Crippen LogP contribution in [0.1, 0.15) is 25.7 Å². The second-order valence-electron chi connectivity index (χ2n) is 5.64. The molecule has 2 unspecified atom stereocenters. The van der Waals surface area contributed by atoms with E-state index >= 15 is 0 Å². The molecule has 2 aliphatic rings. The summed E-state index contributed by atoms with van der Waals surface area (Å²) < 4.78 is 5.14. The Balaban J connectivity index is 1.54. The number of nitrogens with one attached hydrogen (secondary N) is 3. The number of ether oxygens (including phenoxy) is 1. The average molecular weight is 275 g/mol. The van der Waals surface area contributed by atoms with Gasteiger partial charge in [-0.3, -0.25) is 0 Å². The van der Waals surface area contributed by atoms with E-state index in [1.165, 1.54) is 12.8 Å². The summed E-state index contributed by atoms with van der Waals surface area (Å²) in [6, 6.07) is 8.68. The van der Waals surface area contributed by atoms with Crippen molar-refractivity contribution < 1.29 is 9.53 Å². The number of hydrogen-bond acceptors (Lipinski definition) is 3. The van der Waals surface area contributed by atoms with Gasteiger partial charge in [0.05, 0.1) is 7.11 Å². The highest BCUT2D eigenvalue weighted by Gasteiger charge is 2.33. The summed E-state index contributed by atoms with van der Waals surface area (Å²) >= 11 is 0. The number of urea groups is 1. The van der Waals surface area contributed by atoms with E-state index in [2.05, 4.69) is 16.0 Å². The number of methoxy groups -OCH3 is 1. The van der Waals surface area contributed by atoms with Crippen LogP contribution >= 0.6 is 0 Å². The molecule has 3 N–H and O–H groups in total. The lowest BCUT2D eigenvalue weighted by Gasteiger charge is -2.29. The third-order valence-electron chi connectivity index (χ3n) is 4.14. The monoisotopic (exact) mass is 275 g/mol. The Labute approximate surface area is 119 Å². The highest BCUT2D eigenvalue weighted by molar-refractivity contribution is 5.89. The number of piperidine rings is 1. The molecule has 0 saturated carbocycles. The molecule has 0 aromatic heterocycles. The zero-order valence-electron chi connectivity index (χ0n) is 11.7. The van der Waals surface area contributed by atoms with Crippen molar-refractivity contribution in [3.05, 3.63) is 24.3 Å². The number of fused-ring (bicyclic) bond motifs is 2. The molecule has 2 aliphatic heterocycles. The average Bonchev–Trinajstić information content (AvgIpc) is 2.78. The van der Waals surface area contributed by atoms with Crippen molar-refractivity contribution >= 4 is 11.7 Å². The van der Waals surface area contributed by atoms with Gasteiger partial charge in [-0.25, -0.2) is 4.79 Å². The van der Waals surface area contributed by atoms with E-state index in [0.717, 1.165) is 24.3 Å². The molecule has 0 aliphatic carbocycles. The van der Waals surface area contributed by atoms with Crippen molar-refractivity contribution in [2.24, 2.45) is 0 Å². The molecule has 20 heavy (non-hydrogen) atoms. The van der Waals surface area contributed by atoms with E-state index in [1.807, 2.05) is 24.3 Å². The molecule has 0 radical (unpaired) electrons. The number of benzene rings is 1. The molecule has 5 nitrogen and oxygen atoms in total. The van der Waals surface area contributed by atoms with Crippen molar-refractivity contribution in [1.82, 2.24) is 10.6 Å². The van der Waals surface area contributed by atoms with Gasteiger partial charge in [-0.15, -0.1) is 0 Å². The summed E-state index contributed by atoms with van der Waals surface area (Å²) in [4.78, 5) is 12.0. The summed E-state index contributed by atoms with van der Waals surface area (Å²) in [5.74, 6) is 0.739. The summed E-state index contributed by atoms with van der Waals surface area (Å²) in [5.41, 5.74) is 0.749. The first-order valence-electron chi connectivity index (χ1n) is 7.20. The van der Waals surface area contributed by atoms with Gasteiger partial charge in [0, 0.05) is 29.9 Å². The van der Waals surface area contributed by atoms with E-state index in [4.69, 9.17) is 4.74 Å². The van der Waals surface area contributed by atoms with Crippen molar-refractivity contribution in [3.8, 4) is 5.75 Å². The predicted molar refractivity (Wildman–Crippen MR) is 78.1 cm³/mol. The van der Waals surface area contributed by atoms with Crippen LogP contribution in [0.2, 0.25) is 0 Å². The molecule has 1 aromatic rings. The summed E-state index contributed by atoms with van der Waals surface area (Å²) in [6.45, 7) is 0. The molecule has 3 rings (SSSR count). The van der Waals surface area contributed by atoms with Crippen LogP contribution in [0, 0.1) is 0 Å². The van der Waals surface area contributed by atoms with Crippen molar-refractivity contribution in [2.75, 3.05) is 12.4 Å². The lowest BCUT2D eigenvalue weighted by molar-refractivity contribution is 0.240. The second-order valence-corrected chi connectivity index (χ2v) is 5.64. The molecule has 108 valence electrons. The van der Waals surface area contributed by atoms with Crippen LogP contribution in [0.5, 0.6) is 5.75 Å². The smallest absolute Gasteiger partial charge is 0.319 e. The van der Waals surface area contributed by atoms with Gasteiger partial charge in [0.25, 0.3) is 0 Å². The topological polar surface area (TPSA) is 62.4 Å². The van der Waals surface area contributed by atoms with E-state index in [9.17, 15) is 4.79 Å². The Morgan fingerprint density at radius 2 is 2.05 bits per heavy atom. The Hall–Kier alpha value is -1.75. The lowest BCUT2D eigenvalue weighted by Crippen LogP contribution is -2.49. The molecule has 0 spiro atoms. The van der Waals surface area contributed by atoms with Gasteiger partial charge in [0.1, 0.15) is 5.75 Å². The van der Waals surface area contributed by atoms with Crippen LogP contribution < -0.4 is 20.7 Å². The summed E-state index contributed by atoms with van der Waals surface area (Å²) in [5, 5.41) is 9.51. The first kappa shape index (κ1) is 13.2. The van der Waals surface area contributed by atoms with Gasteiger partial charge in [0.2, 0.25) is 0 Å². The van der Waals surface area contributed by atoms with Gasteiger partial charge < -0.3 is 20.7 Å². The number of anilines is 1. The molecule has 2 amide bonds. The van der Waals surface area contributed by atoms with Crippen molar-refractivity contribution in [2.45, 2.75) is 43.8 Å². The van der Waals surface area contributed by atoms with Crippen molar-refractivity contribution in [3.63, 3.8) is 0 Å². The largest absolute Gasteiger partial charge is 0.497 e. The quantitative estimate of drug-likeness (QED) is 0.791. The van der Waals surface area contributed by atoms with Crippen LogP contribution in [-0.2, 0) is 0 Å². The number of hydrogen-bond donors (Lipinski definition) is 3. The summed E-state index contributed by atoms with van der Waals surface area (Å²) in [6.07, 6.45) is 4.53. The fourth-order valence-corrected chi connectivity index (χ4v) is 3.23. The van der Waals surface area contributed by atoms with E-state index < -0.39 is 0 Å². The minimum absolute atomic E-state index is 0.135. The fraction of sp³-hybridized carbons (Fsp3) is 0.533. The predicted octanol–water partition coefficient (Wildman–Crippen LogP) is 2.10. The molecule has 5 heteroatoms. The molecule has 1 aromatic carbocycles. The minimum atomic E-state index is -0.135. The second kappa shape index (κ2) is 5.71. The lowest BCUT2D eigenvalue weighted by atomic mass is 10.0. The number of carbonyl (C=O) groups is 1. The van der Waals surface area contributed by atoms with Gasteiger partial charge in [-0.1, -0.05) is 6.07 Å². The SMILES string of the molecule is COc1cccc(NC(=O)NC2CC3CCC(C2)N3)c1. The highest BCUT2D eigenvalue weighted by Crippen LogP contribution is 2.26. The van der Waals surface area contributed by atoms with E-state index in [-0.39, 0.29) is 12.1 Å². The Morgan fingerprint density at radius 3 is 2.75 bits per heavy atom. The van der Waals surface area contributed by atoms with Crippen LogP contribution in [0.15, 0.2) is 24.3 Å². The summed E-state index contributed by atoms with van der Waals surface area (Å²) in [7, 11) is 1.62.